The molecule has 0 aromatic rings. The Morgan fingerprint density at radius 1 is 1.33 bits per heavy atom. The SMILES string of the molecule is O.O=C([O-])[O-].[Zr+2]. The molecule has 0 heterocycles. The molecule has 0 rings (SSSR count). The molecule has 0 aromatic heterocycles. The van der Waals surface area contributed by atoms with Crippen LogP contribution in [0.15, 0.2) is 0 Å². The first kappa shape index (κ1) is 16.5. The van der Waals surface area contributed by atoms with Crippen LogP contribution in [0, 0.1) is 0 Å². The van der Waals surface area contributed by atoms with E-state index in [1.807, 2.05) is 0 Å². The molecule has 0 aromatic carbocycles. The van der Waals surface area contributed by atoms with Crippen molar-refractivity contribution in [2.45, 2.75) is 0 Å². The zero-order chi connectivity index (χ0) is 3.58. The normalized spacial score (nSPS) is 4.00. The molecule has 0 amide bonds. The molecular weight excluding hydrogens is 167 g/mol. The van der Waals surface area contributed by atoms with E-state index in [4.69, 9.17) is 15.0 Å². The van der Waals surface area contributed by atoms with Crippen molar-refractivity contribution < 1.29 is 46.7 Å². The van der Waals surface area contributed by atoms with Crippen LogP contribution < -0.4 is 10.2 Å². The summed E-state index contributed by atoms with van der Waals surface area (Å²) in [6.45, 7) is 0. The minimum absolute atomic E-state index is 0. The molecule has 34 valence electrons. The Morgan fingerprint density at radius 2 is 1.33 bits per heavy atom. The Balaban J connectivity index is -0.0000000450. The van der Waals surface area contributed by atoms with Gasteiger partial charge in [-0.2, -0.15) is 0 Å². The third-order valence-corrected chi connectivity index (χ3v) is 0. The van der Waals surface area contributed by atoms with Crippen molar-refractivity contribution in [1.82, 2.24) is 0 Å². The number of carbonyl (C=O) groups is 1. The van der Waals surface area contributed by atoms with Gasteiger partial charge in [0.05, 0.1) is 0 Å². The Hall–Kier alpha value is 0.113. The van der Waals surface area contributed by atoms with E-state index in [0.717, 1.165) is 0 Å². The van der Waals surface area contributed by atoms with Gasteiger partial charge in [0, 0.05) is 0 Å². The van der Waals surface area contributed by atoms with Crippen LogP contribution in [0.5, 0.6) is 0 Å². The summed E-state index contributed by atoms with van der Waals surface area (Å²) in [4.78, 5) is 8.33. The van der Waals surface area contributed by atoms with Crippen LogP contribution in [0.25, 0.3) is 0 Å². The van der Waals surface area contributed by atoms with Crippen LogP contribution >= 0.6 is 0 Å². The second-order valence-corrected chi connectivity index (χ2v) is 0.250. The van der Waals surface area contributed by atoms with Gasteiger partial charge in [-0.3, -0.25) is 0 Å². The topological polar surface area (TPSA) is 94.7 Å². The Labute approximate surface area is 53.2 Å². The third-order valence-electron chi connectivity index (χ3n) is 0. The predicted octanol–water partition coefficient (Wildman–Crippen LogP) is -3.27. The molecule has 4 nitrogen and oxygen atoms in total. The van der Waals surface area contributed by atoms with E-state index in [9.17, 15) is 0 Å². The van der Waals surface area contributed by atoms with E-state index < -0.39 is 6.16 Å². The van der Waals surface area contributed by atoms with Crippen molar-refractivity contribution in [3.05, 3.63) is 0 Å². The van der Waals surface area contributed by atoms with E-state index in [-0.39, 0.29) is 31.7 Å². The number of hydrogen-bond donors (Lipinski definition) is 0. The van der Waals surface area contributed by atoms with Crippen LogP contribution in [-0.2, 0) is 26.2 Å². The van der Waals surface area contributed by atoms with Crippen LogP contribution in [0.4, 0.5) is 4.79 Å². The Kier molecular flexibility index (Phi) is 24.5. The first-order valence-electron chi connectivity index (χ1n) is 0.612. The maximum absolute atomic E-state index is 8.33. The maximum Gasteiger partial charge on any atom is 2.00 e. The Bertz CT molecular complexity index is 30.5. The zero-order valence-electron chi connectivity index (χ0n) is 2.72. The first-order chi connectivity index (χ1) is 1.73. The average Bonchev–Trinajstić information content (AvgIpc) is 0.811. The van der Waals surface area contributed by atoms with Gasteiger partial charge in [0.1, 0.15) is 0 Å². The number of hydrogen-bond acceptors (Lipinski definition) is 3. The fraction of sp³-hybridized carbons (Fsp3) is 0. The minimum Gasteiger partial charge on any atom is -0.652 e. The summed E-state index contributed by atoms with van der Waals surface area (Å²) in [5, 5.41) is 16.7. The van der Waals surface area contributed by atoms with Gasteiger partial charge in [0.2, 0.25) is 0 Å². The summed E-state index contributed by atoms with van der Waals surface area (Å²) in [7, 11) is 0. The molecule has 0 radical (unpaired) electrons. The van der Waals surface area contributed by atoms with Crippen molar-refractivity contribution in [2.75, 3.05) is 0 Å². The predicted molar refractivity (Wildman–Crippen MR) is 9.01 cm³/mol. The maximum atomic E-state index is 8.33. The molecule has 0 saturated heterocycles. The second kappa shape index (κ2) is 8.93. The molecule has 0 aliphatic heterocycles. The van der Waals surface area contributed by atoms with Crippen molar-refractivity contribution in [2.24, 2.45) is 0 Å². The van der Waals surface area contributed by atoms with Crippen LogP contribution in [0.3, 0.4) is 0 Å². The smallest absolute Gasteiger partial charge is 0.652 e. The van der Waals surface area contributed by atoms with E-state index in [0.29, 0.717) is 0 Å². The molecular formula is CH2O4Zr. The number of carbonyl (C=O) groups excluding carboxylic acids is 1. The van der Waals surface area contributed by atoms with Gasteiger partial charge in [0.15, 0.2) is 0 Å². The second-order valence-electron chi connectivity index (χ2n) is 0.250. The van der Waals surface area contributed by atoms with Gasteiger partial charge >= 0.3 is 26.2 Å². The number of carboxylic acid groups (broad SMARTS) is 2. The molecule has 0 atom stereocenters. The summed E-state index contributed by atoms with van der Waals surface area (Å²) in [5.41, 5.74) is 0. The van der Waals surface area contributed by atoms with Crippen molar-refractivity contribution in [3.8, 4) is 0 Å². The van der Waals surface area contributed by atoms with E-state index in [1.165, 1.54) is 0 Å². The molecule has 0 saturated carbocycles. The quantitative estimate of drug-likeness (QED) is 0.380. The number of rotatable bonds is 0. The molecule has 0 spiro atoms. The van der Waals surface area contributed by atoms with Gasteiger partial charge in [-0.1, -0.05) is 0 Å². The molecule has 6 heavy (non-hydrogen) atoms. The average molecular weight is 169 g/mol. The van der Waals surface area contributed by atoms with Gasteiger partial charge < -0.3 is 20.5 Å². The van der Waals surface area contributed by atoms with Crippen molar-refractivity contribution in [1.29, 1.82) is 0 Å². The van der Waals surface area contributed by atoms with Crippen LogP contribution in [-0.4, -0.2) is 11.6 Å². The van der Waals surface area contributed by atoms with Gasteiger partial charge in [-0.25, -0.2) is 0 Å². The molecule has 2 N–H and O–H groups in total. The van der Waals surface area contributed by atoms with Crippen molar-refractivity contribution in [3.63, 3.8) is 0 Å². The van der Waals surface area contributed by atoms with E-state index in [2.05, 4.69) is 0 Å². The molecule has 0 aliphatic carbocycles. The van der Waals surface area contributed by atoms with Gasteiger partial charge in [-0.05, 0) is 6.16 Å². The molecule has 5 heteroatoms. The summed E-state index contributed by atoms with van der Waals surface area (Å²) >= 11 is 0. The summed E-state index contributed by atoms with van der Waals surface area (Å²) in [6.07, 6.45) is -2.33. The standard InChI is InChI=1S/CH2O3.H2O.Zr/c2-1(3)4;;/h(H2,2,3,4);1H2;/q;;+2/p-2. The summed E-state index contributed by atoms with van der Waals surface area (Å²) < 4.78 is 0. The molecule has 0 unspecified atom stereocenters. The summed E-state index contributed by atoms with van der Waals surface area (Å²) in [5.74, 6) is 0. The molecule has 0 bridgehead atoms. The van der Waals surface area contributed by atoms with Crippen LogP contribution in [0.1, 0.15) is 0 Å². The third kappa shape index (κ3) is 3120. The Morgan fingerprint density at radius 3 is 1.33 bits per heavy atom. The molecule has 0 aliphatic rings. The zero-order valence-corrected chi connectivity index (χ0v) is 5.18. The largest absolute Gasteiger partial charge is 2.00 e. The van der Waals surface area contributed by atoms with Crippen molar-refractivity contribution >= 4 is 6.16 Å². The van der Waals surface area contributed by atoms with E-state index >= 15 is 0 Å². The first-order valence-corrected chi connectivity index (χ1v) is 0.612. The monoisotopic (exact) mass is 168 g/mol. The van der Waals surface area contributed by atoms with Gasteiger partial charge in [0.25, 0.3) is 0 Å². The minimum atomic E-state index is -2.33. The van der Waals surface area contributed by atoms with Gasteiger partial charge in [-0.15, -0.1) is 0 Å². The van der Waals surface area contributed by atoms with Crippen LogP contribution in [0.2, 0.25) is 0 Å². The fourth-order valence-corrected chi connectivity index (χ4v) is 0. The fourth-order valence-electron chi connectivity index (χ4n) is 0. The summed E-state index contributed by atoms with van der Waals surface area (Å²) in [6, 6.07) is 0. The van der Waals surface area contributed by atoms with E-state index in [1.54, 1.807) is 0 Å². The molecule has 0 fully saturated rings.